The third-order valence-electron chi connectivity index (χ3n) is 3.19. The molecule has 1 nitrogen and oxygen atoms in total. The van der Waals surface area contributed by atoms with E-state index in [2.05, 4.69) is 32.0 Å². The van der Waals surface area contributed by atoms with Crippen LogP contribution >= 0.6 is 0 Å². The van der Waals surface area contributed by atoms with Gasteiger partial charge in [0.1, 0.15) is 0 Å². The number of carbonyl (C=O) groups excluding carboxylic acids is 1. The molecule has 0 fully saturated rings. The van der Waals surface area contributed by atoms with Crippen molar-refractivity contribution >= 4 is 5.78 Å². The van der Waals surface area contributed by atoms with E-state index in [1.165, 1.54) is 24.0 Å². The van der Waals surface area contributed by atoms with Crippen molar-refractivity contribution < 1.29 is 4.79 Å². The number of Topliss-reactive ketones (excluding diaryl/α,β-unsaturated/α-hetero) is 1. The van der Waals surface area contributed by atoms with Gasteiger partial charge in [-0.05, 0) is 43.7 Å². The van der Waals surface area contributed by atoms with E-state index < -0.39 is 0 Å². The van der Waals surface area contributed by atoms with Gasteiger partial charge < -0.3 is 0 Å². The Morgan fingerprint density at radius 1 is 1.00 bits per heavy atom. The Labute approximate surface area is 105 Å². The fourth-order valence-corrected chi connectivity index (χ4v) is 2.26. The molecule has 0 bridgehead atoms. The van der Waals surface area contributed by atoms with Gasteiger partial charge in [-0.3, -0.25) is 4.79 Å². The van der Waals surface area contributed by atoms with Crippen LogP contribution in [-0.4, -0.2) is 5.78 Å². The molecule has 0 N–H and O–H groups in total. The Morgan fingerprint density at radius 2 is 1.47 bits per heavy atom. The van der Waals surface area contributed by atoms with Crippen LogP contribution in [0.5, 0.6) is 0 Å². The van der Waals surface area contributed by atoms with Crippen molar-refractivity contribution in [2.45, 2.75) is 59.3 Å². The first kappa shape index (κ1) is 14.0. The number of ketones is 1. The summed E-state index contributed by atoms with van der Waals surface area (Å²) in [5, 5.41) is 0. The molecule has 1 rings (SSSR count). The zero-order valence-electron chi connectivity index (χ0n) is 11.4. The second-order valence-corrected chi connectivity index (χ2v) is 4.71. The quantitative estimate of drug-likeness (QED) is 0.629. The fraction of sp³-hybridized carbons (Fsp3) is 0.562. The lowest BCUT2D eigenvalue weighted by atomic mass is 9.92. The number of benzene rings is 1. The van der Waals surface area contributed by atoms with Crippen LogP contribution in [0.1, 0.15) is 67.9 Å². The van der Waals surface area contributed by atoms with Crippen molar-refractivity contribution in [3.05, 3.63) is 34.9 Å². The maximum atomic E-state index is 11.8. The summed E-state index contributed by atoms with van der Waals surface area (Å²) in [7, 11) is 0. The average Bonchev–Trinajstić information content (AvgIpc) is 2.33. The van der Waals surface area contributed by atoms with E-state index in [4.69, 9.17) is 0 Å². The highest BCUT2D eigenvalue weighted by atomic mass is 16.1. The SMILES string of the molecule is CCCCc1cccc(CCCC)c1C(C)=O. The summed E-state index contributed by atoms with van der Waals surface area (Å²) in [6, 6.07) is 6.33. The molecule has 1 aromatic carbocycles. The maximum absolute atomic E-state index is 11.8. The standard InChI is InChI=1S/C16H24O/c1-4-6-9-14-11-8-12-15(10-7-5-2)16(14)13(3)17/h8,11-12H,4-7,9-10H2,1-3H3. The van der Waals surface area contributed by atoms with Crippen molar-refractivity contribution in [2.75, 3.05) is 0 Å². The molecule has 0 radical (unpaired) electrons. The molecular weight excluding hydrogens is 208 g/mol. The predicted molar refractivity (Wildman–Crippen MR) is 73.7 cm³/mol. The normalized spacial score (nSPS) is 10.5. The Hall–Kier alpha value is -1.11. The highest BCUT2D eigenvalue weighted by molar-refractivity contribution is 5.97. The Morgan fingerprint density at radius 3 is 1.82 bits per heavy atom. The van der Waals surface area contributed by atoms with Crippen LogP contribution in [0, 0.1) is 0 Å². The molecule has 17 heavy (non-hydrogen) atoms. The number of hydrogen-bond donors (Lipinski definition) is 0. The van der Waals surface area contributed by atoms with Crippen LogP contribution in [0.25, 0.3) is 0 Å². The minimum atomic E-state index is 0.225. The van der Waals surface area contributed by atoms with Gasteiger partial charge in [-0.15, -0.1) is 0 Å². The third kappa shape index (κ3) is 3.99. The summed E-state index contributed by atoms with van der Waals surface area (Å²) in [6.45, 7) is 6.07. The zero-order valence-corrected chi connectivity index (χ0v) is 11.4. The molecule has 94 valence electrons. The lowest BCUT2D eigenvalue weighted by molar-refractivity contribution is 0.101. The Bertz CT molecular complexity index is 340. The topological polar surface area (TPSA) is 17.1 Å². The molecule has 0 unspecified atom stereocenters. The van der Waals surface area contributed by atoms with Gasteiger partial charge in [0.05, 0.1) is 0 Å². The molecule has 0 saturated carbocycles. The van der Waals surface area contributed by atoms with Gasteiger partial charge in [0.15, 0.2) is 5.78 Å². The van der Waals surface area contributed by atoms with Crippen LogP contribution in [0.4, 0.5) is 0 Å². The summed E-state index contributed by atoms with van der Waals surface area (Å²) < 4.78 is 0. The van der Waals surface area contributed by atoms with Gasteiger partial charge in [0.2, 0.25) is 0 Å². The second kappa shape index (κ2) is 7.26. The first-order chi connectivity index (χ1) is 8.20. The summed E-state index contributed by atoms with van der Waals surface area (Å²) in [5.74, 6) is 0.225. The first-order valence-corrected chi connectivity index (χ1v) is 6.82. The molecule has 0 amide bonds. The molecule has 1 heteroatoms. The number of aryl methyl sites for hydroxylation is 2. The van der Waals surface area contributed by atoms with E-state index in [1.54, 1.807) is 6.92 Å². The molecule has 0 aliphatic rings. The van der Waals surface area contributed by atoms with Crippen molar-refractivity contribution in [1.29, 1.82) is 0 Å². The van der Waals surface area contributed by atoms with Gasteiger partial charge in [-0.2, -0.15) is 0 Å². The molecule has 0 spiro atoms. The molecular formula is C16H24O. The van der Waals surface area contributed by atoms with E-state index in [1.807, 2.05) is 0 Å². The predicted octanol–water partition coefficient (Wildman–Crippen LogP) is 4.57. The van der Waals surface area contributed by atoms with Crippen molar-refractivity contribution in [1.82, 2.24) is 0 Å². The van der Waals surface area contributed by atoms with Crippen LogP contribution < -0.4 is 0 Å². The number of carbonyl (C=O) groups is 1. The summed E-state index contributed by atoms with van der Waals surface area (Å²) in [6.07, 6.45) is 6.75. The Balaban J connectivity index is 2.99. The molecule has 0 saturated heterocycles. The number of hydrogen-bond acceptors (Lipinski definition) is 1. The minimum Gasteiger partial charge on any atom is -0.294 e. The van der Waals surface area contributed by atoms with Crippen LogP contribution in [0.3, 0.4) is 0 Å². The lowest BCUT2D eigenvalue weighted by Gasteiger charge is -2.12. The van der Waals surface area contributed by atoms with E-state index >= 15 is 0 Å². The molecule has 0 atom stereocenters. The van der Waals surface area contributed by atoms with Gasteiger partial charge in [0.25, 0.3) is 0 Å². The molecule has 0 aromatic heterocycles. The minimum absolute atomic E-state index is 0.225. The van der Waals surface area contributed by atoms with Gasteiger partial charge in [-0.25, -0.2) is 0 Å². The van der Waals surface area contributed by atoms with Gasteiger partial charge in [0, 0.05) is 5.56 Å². The van der Waals surface area contributed by atoms with Crippen LogP contribution in [0.2, 0.25) is 0 Å². The van der Waals surface area contributed by atoms with Gasteiger partial charge in [-0.1, -0.05) is 44.9 Å². The monoisotopic (exact) mass is 232 g/mol. The average molecular weight is 232 g/mol. The second-order valence-electron chi connectivity index (χ2n) is 4.71. The van der Waals surface area contributed by atoms with E-state index in [-0.39, 0.29) is 5.78 Å². The fourth-order valence-electron chi connectivity index (χ4n) is 2.26. The summed E-state index contributed by atoms with van der Waals surface area (Å²) in [5.41, 5.74) is 3.48. The lowest BCUT2D eigenvalue weighted by Crippen LogP contribution is -2.05. The molecule has 1 aromatic rings. The maximum Gasteiger partial charge on any atom is 0.160 e. The number of rotatable bonds is 7. The van der Waals surface area contributed by atoms with Crippen molar-refractivity contribution in [2.24, 2.45) is 0 Å². The number of unbranched alkanes of at least 4 members (excludes halogenated alkanes) is 2. The van der Waals surface area contributed by atoms with E-state index in [9.17, 15) is 4.79 Å². The van der Waals surface area contributed by atoms with Gasteiger partial charge >= 0.3 is 0 Å². The zero-order chi connectivity index (χ0) is 12.7. The van der Waals surface area contributed by atoms with Crippen molar-refractivity contribution in [3.8, 4) is 0 Å². The van der Waals surface area contributed by atoms with Crippen LogP contribution in [-0.2, 0) is 12.8 Å². The highest BCUT2D eigenvalue weighted by Crippen LogP contribution is 2.20. The smallest absolute Gasteiger partial charge is 0.160 e. The third-order valence-corrected chi connectivity index (χ3v) is 3.19. The summed E-state index contributed by atoms with van der Waals surface area (Å²) >= 11 is 0. The Kier molecular flexibility index (Phi) is 5.96. The molecule has 0 aliphatic carbocycles. The molecule has 0 heterocycles. The van der Waals surface area contributed by atoms with E-state index in [0.717, 1.165) is 31.2 Å². The first-order valence-electron chi connectivity index (χ1n) is 6.82. The van der Waals surface area contributed by atoms with Crippen molar-refractivity contribution in [3.63, 3.8) is 0 Å². The highest BCUT2D eigenvalue weighted by Gasteiger charge is 2.11. The molecule has 0 aliphatic heterocycles. The largest absolute Gasteiger partial charge is 0.294 e. The summed E-state index contributed by atoms with van der Waals surface area (Å²) in [4.78, 5) is 11.8. The van der Waals surface area contributed by atoms with Crippen LogP contribution in [0.15, 0.2) is 18.2 Å². The van der Waals surface area contributed by atoms with E-state index in [0.29, 0.717) is 0 Å².